The summed E-state index contributed by atoms with van der Waals surface area (Å²) in [5.74, 6) is 3.28. The molecule has 25 heavy (non-hydrogen) atoms. The Morgan fingerprint density at radius 1 is 1.52 bits per heavy atom. The number of rotatable bonds is 7. The first-order valence-electron chi connectivity index (χ1n) is 7.70. The van der Waals surface area contributed by atoms with Gasteiger partial charge in [0.05, 0.1) is 37.6 Å². The monoisotopic (exact) mass is 409 g/mol. The molecular formula is C17H20BrN3O4. The molecule has 0 saturated carbocycles. The van der Waals surface area contributed by atoms with Crippen molar-refractivity contribution in [2.75, 3.05) is 46.6 Å². The fraction of sp³-hybridized carbons (Fsp3) is 0.412. The first-order valence-corrected chi connectivity index (χ1v) is 8.49. The zero-order valence-electron chi connectivity index (χ0n) is 14.0. The SMILES string of the molecule is C#CCOc1c(Br)cc(/C=N/NC(=O)CN2CCOCC2)cc1OC. The van der Waals surface area contributed by atoms with E-state index >= 15 is 0 Å². The zero-order chi connectivity index (χ0) is 18.1. The second kappa shape index (κ2) is 10.0. The van der Waals surface area contributed by atoms with Gasteiger partial charge in [-0.25, -0.2) is 5.43 Å². The average Bonchev–Trinajstić information content (AvgIpc) is 2.61. The molecule has 1 N–H and O–H groups in total. The summed E-state index contributed by atoms with van der Waals surface area (Å²) in [7, 11) is 1.54. The first kappa shape index (κ1) is 19.2. The van der Waals surface area contributed by atoms with E-state index in [9.17, 15) is 4.79 Å². The topological polar surface area (TPSA) is 72.4 Å². The molecule has 0 aliphatic carbocycles. The molecular weight excluding hydrogens is 390 g/mol. The third kappa shape index (κ3) is 6.05. The van der Waals surface area contributed by atoms with Crippen molar-refractivity contribution in [1.29, 1.82) is 0 Å². The van der Waals surface area contributed by atoms with Crippen LogP contribution in [0.4, 0.5) is 0 Å². The summed E-state index contributed by atoms with van der Waals surface area (Å²) >= 11 is 3.41. The number of hydrazone groups is 1. The Morgan fingerprint density at radius 2 is 2.28 bits per heavy atom. The highest BCUT2D eigenvalue weighted by Gasteiger charge is 2.14. The lowest BCUT2D eigenvalue weighted by atomic mass is 10.2. The van der Waals surface area contributed by atoms with E-state index in [0.717, 1.165) is 18.7 Å². The van der Waals surface area contributed by atoms with Crippen molar-refractivity contribution in [3.8, 4) is 23.8 Å². The minimum absolute atomic E-state index is 0.139. The van der Waals surface area contributed by atoms with Crippen molar-refractivity contribution < 1.29 is 19.0 Å². The van der Waals surface area contributed by atoms with Crippen LogP contribution in [0.25, 0.3) is 0 Å². The van der Waals surface area contributed by atoms with E-state index in [2.05, 4.69) is 32.4 Å². The van der Waals surface area contributed by atoms with E-state index in [1.807, 2.05) is 4.90 Å². The Bertz CT molecular complexity index is 667. The Hall–Kier alpha value is -2.08. The maximum Gasteiger partial charge on any atom is 0.254 e. The third-order valence-electron chi connectivity index (χ3n) is 3.43. The molecule has 1 heterocycles. The molecule has 0 unspecified atom stereocenters. The number of terminal acetylenes is 1. The van der Waals surface area contributed by atoms with Gasteiger partial charge in [0.15, 0.2) is 11.5 Å². The smallest absolute Gasteiger partial charge is 0.254 e. The van der Waals surface area contributed by atoms with Gasteiger partial charge >= 0.3 is 0 Å². The van der Waals surface area contributed by atoms with Gasteiger partial charge in [0.25, 0.3) is 5.91 Å². The molecule has 1 aliphatic heterocycles. The van der Waals surface area contributed by atoms with Gasteiger partial charge in [-0.15, -0.1) is 6.42 Å². The number of halogens is 1. The quantitative estimate of drug-likeness (QED) is 0.416. The molecule has 0 aromatic heterocycles. The van der Waals surface area contributed by atoms with Crippen LogP contribution in [0, 0.1) is 12.3 Å². The number of benzene rings is 1. The average molecular weight is 410 g/mol. The van der Waals surface area contributed by atoms with Gasteiger partial charge < -0.3 is 14.2 Å². The van der Waals surface area contributed by atoms with Gasteiger partial charge in [-0.05, 0) is 33.6 Å². The van der Waals surface area contributed by atoms with Gasteiger partial charge in [0, 0.05) is 13.1 Å². The summed E-state index contributed by atoms with van der Waals surface area (Å²) in [5, 5.41) is 3.98. The minimum atomic E-state index is -0.168. The molecule has 8 heteroatoms. The number of amides is 1. The Labute approximate surface area is 155 Å². The fourth-order valence-corrected chi connectivity index (χ4v) is 2.82. The Kier molecular flexibility index (Phi) is 7.73. The predicted molar refractivity (Wildman–Crippen MR) is 98.0 cm³/mol. The van der Waals surface area contributed by atoms with E-state index in [1.165, 1.54) is 13.3 Å². The van der Waals surface area contributed by atoms with Gasteiger partial charge in [0.1, 0.15) is 6.61 Å². The predicted octanol–water partition coefficient (Wildman–Crippen LogP) is 1.25. The van der Waals surface area contributed by atoms with Gasteiger partial charge in [0.2, 0.25) is 0 Å². The molecule has 1 saturated heterocycles. The number of ether oxygens (including phenoxy) is 3. The van der Waals surface area contributed by atoms with Crippen LogP contribution >= 0.6 is 15.9 Å². The molecule has 2 rings (SSSR count). The molecule has 1 aliphatic rings. The number of hydrogen-bond acceptors (Lipinski definition) is 6. The summed E-state index contributed by atoms with van der Waals surface area (Å²) in [6.07, 6.45) is 6.74. The summed E-state index contributed by atoms with van der Waals surface area (Å²) in [6.45, 7) is 3.24. The van der Waals surface area contributed by atoms with Crippen LogP contribution in [0.15, 0.2) is 21.7 Å². The van der Waals surface area contributed by atoms with Crippen molar-refractivity contribution in [3.05, 3.63) is 22.2 Å². The standard InChI is InChI=1S/C17H20BrN3O4/c1-3-6-25-17-14(18)9-13(10-15(17)23-2)11-19-20-16(22)12-21-4-7-24-8-5-21/h1,9-11H,4-8,12H2,2H3,(H,20,22)/b19-11+. The van der Waals surface area contributed by atoms with Crippen molar-refractivity contribution in [1.82, 2.24) is 10.3 Å². The van der Waals surface area contributed by atoms with Crippen LogP contribution < -0.4 is 14.9 Å². The van der Waals surface area contributed by atoms with Crippen LogP contribution in [-0.4, -0.2) is 63.6 Å². The van der Waals surface area contributed by atoms with Crippen LogP contribution in [0.3, 0.4) is 0 Å². The number of nitrogens with zero attached hydrogens (tertiary/aromatic N) is 2. The summed E-state index contributed by atoms with van der Waals surface area (Å²) in [6, 6.07) is 3.54. The summed E-state index contributed by atoms with van der Waals surface area (Å²) in [4.78, 5) is 13.9. The first-order chi connectivity index (χ1) is 12.1. The second-order valence-corrected chi connectivity index (χ2v) is 6.06. The van der Waals surface area contributed by atoms with Crippen LogP contribution in [0.1, 0.15) is 5.56 Å². The maximum absolute atomic E-state index is 11.9. The lowest BCUT2D eigenvalue weighted by Crippen LogP contribution is -2.42. The van der Waals surface area contributed by atoms with Crippen LogP contribution in [0.2, 0.25) is 0 Å². The molecule has 0 radical (unpaired) electrons. The third-order valence-corrected chi connectivity index (χ3v) is 4.01. The zero-order valence-corrected chi connectivity index (χ0v) is 15.5. The van der Waals surface area contributed by atoms with Gasteiger partial charge in [-0.2, -0.15) is 5.10 Å². The molecule has 134 valence electrons. The number of methoxy groups -OCH3 is 1. The highest BCUT2D eigenvalue weighted by molar-refractivity contribution is 9.10. The molecule has 1 aromatic carbocycles. The highest BCUT2D eigenvalue weighted by atomic mass is 79.9. The van der Waals surface area contributed by atoms with E-state index in [-0.39, 0.29) is 12.5 Å². The van der Waals surface area contributed by atoms with E-state index < -0.39 is 0 Å². The van der Waals surface area contributed by atoms with Crippen molar-refractivity contribution in [3.63, 3.8) is 0 Å². The number of nitrogens with one attached hydrogen (secondary N) is 1. The highest BCUT2D eigenvalue weighted by Crippen LogP contribution is 2.36. The van der Waals surface area contributed by atoms with Gasteiger partial charge in [-0.1, -0.05) is 5.92 Å². The van der Waals surface area contributed by atoms with Crippen molar-refractivity contribution >= 4 is 28.1 Å². The van der Waals surface area contributed by atoms with E-state index in [4.69, 9.17) is 20.6 Å². The number of hydrogen-bond donors (Lipinski definition) is 1. The van der Waals surface area contributed by atoms with Crippen molar-refractivity contribution in [2.24, 2.45) is 5.10 Å². The summed E-state index contributed by atoms with van der Waals surface area (Å²) < 4.78 is 16.7. The van der Waals surface area contributed by atoms with E-state index in [1.54, 1.807) is 12.1 Å². The minimum Gasteiger partial charge on any atom is -0.493 e. The molecule has 1 aromatic rings. The molecule has 1 fully saturated rings. The number of morpholine rings is 1. The van der Waals surface area contributed by atoms with E-state index in [0.29, 0.717) is 35.7 Å². The van der Waals surface area contributed by atoms with Crippen molar-refractivity contribution in [2.45, 2.75) is 0 Å². The Balaban J connectivity index is 1.94. The lowest BCUT2D eigenvalue weighted by molar-refractivity contribution is -0.123. The van der Waals surface area contributed by atoms with Crippen LogP contribution in [0.5, 0.6) is 11.5 Å². The van der Waals surface area contributed by atoms with Crippen LogP contribution in [-0.2, 0) is 9.53 Å². The van der Waals surface area contributed by atoms with Gasteiger partial charge in [-0.3, -0.25) is 9.69 Å². The Morgan fingerprint density at radius 3 is 2.96 bits per heavy atom. The summed E-state index contributed by atoms with van der Waals surface area (Å²) in [5.41, 5.74) is 3.26. The molecule has 0 bridgehead atoms. The number of carbonyl (C=O) groups excluding carboxylic acids is 1. The molecule has 0 spiro atoms. The lowest BCUT2D eigenvalue weighted by Gasteiger charge is -2.25. The molecule has 7 nitrogen and oxygen atoms in total. The second-order valence-electron chi connectivity index (χ2n) is 5.21. The molecule has 1 amide bonds. The maximum atomic E-state index is 11.9. The number of carbonyl (C=O) groups is 1. The fourth-order valence-electron chi connectivity index (χ4n) is 2.24. The largest absolute Gasteiger partial charge is 0.493 e. The normalized spacial score (nSPS) is 14.9. The molecule has 0 atom stereocenters.